The molecule has 1 rings (SSSR count). The second-order valence-corrected chi connectivity index (χ2v) is 6.44. The van der Waals surface area contributed by atoms with E-state index in [0.717, 1.165) is 19.3 Å². The van der Waals surface area contributed by atoms with Gasteiger partial charge in [-0.25, -0.2) is 13.4 Å². The Labute approximate surface area is 112 Å². The molecule has 0 bridgehead atoms. The van der Waals surface area contributed by atoms with Gasteiger partial charge in [0.05, 0.1) is 10.7 Å². The summed E-state index contributed by atoms with van der Waals surface area (Å²) in [7, 11) is -3.69. The zero-order valence-corrected chi connectivity index (χ0v) is 11.9. The van der Waals surface area contributed by atoms with Crippen LogP contribution in [0.15, 0.2) is 17.2 Å². The van der Waals surface area contributed by atoms with Gasteiger partial charge in [0.2, 0.25) is 14.9 Å². The van der Waals surface area contributed by atoms with Crippen LogP contribution in [0.2, 0.25) is 0 Å². The highest BCUT2D eigenvalue weighted by Gasteiger charge is 2.27. The van der Waals surface area contributed by atoms with Crippen LogP contribution in [0.4, 0.5) is 5.69 Å². The van der Waals surface area contributed by atoms with E-state index in [4.69, 9.17) is 0 Å². The first-order valence-electron chi connectivity index (χ1n) is 6.23. The molecule has 0 unspecified atom stereocenters. The van der Waals surface area contributed by atoms with Crippen molar-refractivity contribution in [2.45, 2.75) is 44.6 Å². The molecule has 0 aliphatic rings. The molecule has 0 atom stereocenters. The summed E-state index contributed by atoms with van der Waals surface area (Å²) in [5, 5.41) is 10.4. The highest BCUT2D eigenvalue weighted by molar-refractivity contribution is 7.91. The first-order valence-corrected chi connectivity index (χ1v) is 7.88. The summed E-state index contributed by atoms with van der Waals surface area (Å²) >= 11 is 0. The van der Waals surface area contributed by atoms with Crippen molar-refractivity contribution in [3.8, 4) is 0 Å². The van der Waals surface area contributed by atoms with Gasteiger partial charge in [0.25, 0.3) is 0 Å². The van der Waals surface area contributed by atoms with E-state index in [9.17, 15) is 18.5 Å². The predicted molar refractivity (Wildman–Crippen MR) is 71.8 cm³/mol. The first kappa shape index (κ1) is 15.6. The number of nitrogens with zero attached hydrogens (tertiary/aromatic N) is 2. The van der Waals surface area contributed by atoms with Crippen LogP contribution in [0.5, 0.6) is 0 Å². The molecule has 1 aromatic rings. The minimum atomic E-state index is -3.69. The maximum atomic E-state index is 12.1. The van der Waals surface area contributed by atoms with E-state index in [1.165, 1.54) is 12.1 Å². The monoisotopic (exact) mass is 286 g/mol. The Kier molecular flexibility index (Phi) is 5.41. The van der Waals surface area contributed by atoms with Crippen molar-refractivity contribution in [3.63, 3.8) is 0 Å². The SMILES string of the molecule is CCCCCCS(=O)(=O)c1nc(C)ccc1[N+](=O)[O-]. The van der Waals surface area contributed by atoms with Gasteiger partial charge in [0.15, 0.2) is 0 Å². The molecule has 0 radical (unpaired) electrons. The molecule has 106 valence electrons. The van der Waals surface area contributed by atoms with Gasteiger partial charge in [-0.3, -0.25) is 10.1 Å². The number of unbranched alkanes of at least 4 members (excludes halogenated alkanes) is 3. The summed E-state index contributed by atoms with van der Waals surface area (Å²) < 4.78 is 24.2. The Morgan fingerprint density at radius 1 is 1.26 bits per heavy atom. The lowest BCUT2D eigenvalue weighted by molar-refractivity contribution is -0.388. The molecular formula is C12H18N2O4S. The van der Waals surface area contributed by atoms with E-state index in [0.29, 0.717) is 12.1 Å². The summed E-state index contributed by atoms with van der Waals surface area (Å²) in [6.07, 6.45) is 3.26. The largest absolute Gasteiger partial charge is 0.306 e. The van der Waals surface area contributed by atoms with Crippen molar-refractivity contribution in [2.24, 2.45) is 0 Å². The summed E-state index contributed by atoms with van der Waals surface area (Å²) in [5.74, 6) is -0.0930. The third-order valence-electron chi connectivity index (χ3n) is 2.74. The number of rotatable bonds is 7. The Morgan fingerprint density at radius 3 is 2.53 bits per heavy atom. The quantitative estimate of drug-likeness (QED) is 0.436. The highest BCUT2D eigenvalue weighted by Crippen LogP contribution is 2.23. The number of pyridine rings is 1. The van der Waals surface area contributed by atoms with Gasteiger partial charge < -0.3 is 0 Å². The summed E-state index contributed by atoms with van der Waals surface area (Å²) in [5.41, 5.74) is 0.0128. The van der Waals surface area contributed by atoms with E-state index in [1.807, 2.05) is 6.92 Å². The second-order valence-electron chi connectivity index (χ2n) is 4.41. The Hall–Kier alpha value is -1.50. The van der Waals surface area contributed by atoms with Gasteiger partial charge in [-0.05, 0) is 19.4 Å². The number of aromatic nitrogens is 1. The third kappa shape index (κ3) is 4.27. The van der Waals surface area contributed by atoms with Gasteiger partial charge in [-0.1, -0.05) is 26.2 Å². The zero-order chi connectivity index (χ0) is 14.5. The smallest absolute Gasteiger partial charge is 0.258 e. The number of aryl methyl sites for hydroxylation is 1. The normalized spacial score (nSPS) is 11.5. The lowest BCUT2D eigenvalue weighted by atomic mass is 10.2. The molecule has 0 aliphatic heterocycles. The van der Waals surface area contributed by atoms with Crippen LogP contribution >= 0.6 is 0 Å². The fourth-order valence-corrected chi connectivity index (χ4v) is 3.23. The fraction of sp³-hybridized carbons (Fsp3) is 0.583. The molecule has 1 aromatic heterocycles. The van der Waals surface area contributed by atoms with E-state index in [2.05, 4.69) is 4.98 Å². The molecule has 0 aliphatic carbocycles. The number of sulfone groups is 1. The molecule has 0 spiro atoms. The van der Waals surface area contributed by atoms with Gasteiger partial charge in [-0.15, -0.1) is 0 Å². The minimum Gasteiger partial charge on any atom is -0.258 e. The predicted octanol–water partition coefficient (Wildman–Crippen LogP) is 2.65. The standard InChI is InChI=1S/C12H18N2O4S/c1-3-4-5-6-9-19(17,18)12-11(14(15)16)8-7-10(2)13-12/h7-8H,3-6,9H2,1-2H3. The Morgan fingerprint density at radius 2 is 1.95 bits per heavy atom. The first-order chi connectivity index (χ1) is 8.88. The summed E-state index contributed by atoms with van der Waals surface area (Å²) in [6, 6.07) is 2.63. The average Bonchev–Trinajstić information content (AvgIpc) is 2.34. The van der Waals surface area contributed by atoms with E-state index < -0.39 is 25.5 Å². The van der Waals surface area contributed by atoms with Crippen molar-refractivity contribution in [1.82, 2.24) is 4.98 Å². The lowest BCUT2D eigenvalue weighted by Gasteiger charge is -2.05. The van der Waals surface area contributed by atoms with Gasteiger partial charge in [-0.2, -0.15) is 0 Å². The minimum absolute atomic E-state index is 0.0930. The fourth-order valence-electron chi connectivity index (χ4n) is 1.71. The summed E-state index contributed by atoms with van der Waals surface area (Å²) in [4.78, 5) is 14.0. The second kappa shape index (κ2) is 6.60. The van der Waals surface area contributed by atoms with E-state index in [1.54, 1.807) is 6.92 Å². The van der Waals surface area contributed by atoms with Gasteiger partial charge in [0, 0.05) is 11.8 Å². The highest BCUT2D eigenvalue weighted by atomic mass is 32.2. The number of hydrogen-bond acceptors (Lipinski definition) is 5. The van der Waals surface area contributed by atoms with E-state index >= 15 is 0 Å². The van der Waals surface area contributed by atoms with Crippen LogP contribution in [0, 0.1) is 17.0 Å². The van der Waals surface area contributed by atoms with Crippen LogP contribution in [-0.2, 0) is 9.84 Å². The molecule has 0 fully saturated rings. The van der Waals surface area contributed by atoms with E-state index in [-0.39, 0.29) is 5.75 Å². The third-order valence-corrected chi connectivity index (χ3v) is 4.45. The molecule has 0 aromatic carbocycles. The average molecular weight is 286 g/mol. The van der Waals surface area contributed by atoms with Crippen LogP contribution in [-0.4, -0.2) is 24.1 Å². The van der Waals surface area contributed by atoms with Crippen molar-refractivity contribution in [1.29, 1.82) is 0 Å². The van der Waals surface area contributed by atoms with Crippen LogP contribution < -0.4 is 0 Å². The molecule has 0 N–H and O–H groups in total. The Bertz CT molecular complexity index is 555. The lowest BCUT2D eigenvalue weighted by Crippen LogP contribution is -2.12. The van der Waals surface area contributed by atoms with Gasteiger partial charge >= 0.3 is 5.69 Å². The molecular weight excluding hydrogens is 268 g/mol. The Balaban J connectivity index is 3.00. The van der Waals surface area contributed by atoms with Crippen molar-refractivity contribution >= 4 is 15.5 Å². The molecule has 0 saturated carbocycles. The molecule has 1 heterocycles. The molecule has 19 heavy (non-hydrogen) atoms. The maximum absolute atomic E-state index is 12.1. The molecule has 0 saturated heterocycles. The molecule has 0 amide bonds. The van der Waals surface area contributed by atoms with Crippen molar-refractivity contribution in [3.05, 3.63) is 27.9 Å². The topological polar surface area (TPSA) is 90.2 Å². The molecule has 6 nitrogen and oxygen atoms in total. The van der Waals surface area contributed by atoms with Crippen LogP contribution in [0.1, 0.15) is 38.3 Å². The molecule has 7 heteroatoms. The summed E-state index contributed by atoms with van der Waals surface area (Å²) in [6.45, 7) is 3.64. The van der Waals surface area contributed by atoms with Crippen LogP contribution in [0.3, 0.4) is 0 Å². The maximum Gasteiger partial charge on any atom is 0.306 e. The zero-order valence-electron chi connectivity index (χ0n) is 11.1. The van der Waals surface area contributed by atoms with Crippen LogP contribution in [0.25, 0.3) is 0 Å². The van der Waals surface area contributed by atoms with Crippen molar-refractivity contribution in [2.75, 3.05) is 5.75 Å². The van der Waals surface area contributed by atoms with Crippen molar-refractivity contribution < 1.29 is 13.3 Å². The number of hydrogen-bond donors (Lipinski definition) is 0. The number of nitro groups is 1. The van der Waals surface area contributed by atoms with Gasteiger partial charge in [0.1, 0.15) is 0 Å².